The maximum atomic E-state index is 12.3. The second-order valence-electron chi connectivity index (χ2n) is 5.76. The number of urea groups is 1. The summed E-state index contributed by atoms with van der Waals surface area (Å²) in [7, 11) is 0. The maximum absolute atomic E-state index is 12.3. The minimum atomic E-state index is -0.646. The average Bonchev–Trinajstić information content (AvgIpc) is 3.10. The zero-order valence-corrected chi connectivity index (χ0v) is 12.4. The summed E-state index contributed by atoms with van der Waals surface area (Å²) in [4.78, 5) is 31.6. The number of nitrogens with one attached hydrogen (secondary N) is 1. The highest BCUT2D eigenvalue weighted by Crippen LogP contribution is 2.38. The first-order valence-corrected chi connectivity index (χ1v) is 8.11. The summed E-state index contributed by atoms with van der Waals surface area (Å²) in [6.45, 7) is 0.395. The van der Waals surface area contributed by atoms with Gasteiger partial charge in [-0.3, -0.25) is 14.5 Å². The number of imide groups is 1. The van der Waals surface area contributed by atoms with Crippen molar-refractivity contribution in [2.24, 2.45) is 0 Å². The molecule has 21 heavy (non-hydrogen) atoms. The number of hydrogen-bond acceptors (Lipinski definition) is 4. The first-order valence-electron chi connectivity index (χ1n) is 7.23. The third-order valence-corrected chi connectivity index (χ3v) is 5.32. The Bertz CT molecular complexity index is 685. The molecule has 2 aromatic rings. The summed E-state index contributed by atoms with van der Waals surface area (Å²) < 4.78 is 1.95. The van der Waals surface area contributed by atoms with Gasteiger partial charge in [-0.05, 0) is 12.8 Å². The largest absolute Gasteiger partial charge is 0.325 e. The van der Waals surface area contributed by atoms with E-state index in [0.29, 0.717) is 6.54 Å². The highest BCUT2D eigenvalue weighted by molar-refractivity contribution is 7.15. The fourth-order valence-electron chi connectivity index (χ4n) is 3.47. The third-order valence-electron chi connectivity index (χ3n) is 4.55. The molecule has 0 bridgehead atoms. The zero-order chi connectivity index (χ0) is 14.4. The molecular formula is C14H16N4O2S. The Morgan fingerprint density at radius 3 is 2.86 bits per heavy atom. The zero-order valence-electron chi connectivity index (χ0n) is 11.5. The molecule has 2 fully saturated rings. The van der Waals surface area contributed by atoms with Gasteiger partial charge < -0.3 is 4.90 Å². The van der Waals surface area contributed by atoms with Crippen LogP contribution >= 0.6 is 11.3 Å². The van der Waals surface area contributed by atoms with Gasteiger partial charge in [-0.2, -0.15) is 0 Å². The Balaban J connectivity index is 1.66. The number of carbonyl (C=O) groups excluding carboxylic acids is 2. The van der Waals surface area contributed by atoms with Gasteiger partial charge in [0.1, 0.15) is 5.54 Å². The van der Waals surface area contributed by atoms with Gasteiger partial charge in [0.05, 0.1) is 12.2 Å². The monoisotopic (exact) mass is 304 g/mol. The van der Waals surface area contributed by atoms with Gasteiger partial charge in [0, 0.05) is 17.8 Å². The van der Waals surface area contributed by atoms with Gasteiger partial charge in [-0.15, -0.1) is 11.3 Å². The quantitative estimate of drug-likeness (QED) is 0.865. The van der Waals surface area contributed by atoms with Crippen molar-refractivity contribution < 1.29 is 9.59 Å². The lowest BCUT2D eigenvalue weighted by molar-refractivity contribution is -0.128. The van der Waals surface area contributed by atoms with Gasteiger partial charge in [-0.1, -0.05) is 19.3 Å². The first kappa shape index (κ1) is 12.8. The molecular weight excluding hydrogens is 288 g/mol. The van der Waals surface area contributed by atoms with Crippen molar-refractivity contribution in [2.75, 3.05) is 0 Å². The van der Waals surface area contributed by atoms with Crippen LogP contribution in [-0.2, 0) is 11.3 Å². The van der Waals surface area contributed by atoms with Crippen LogP contribution in [0.25, 0.3) is 4.96 Å². The predicted molar refractivity (Wildman–Crippen MR) is 78.0 cm³/mol. The summed E-state index contributed by atoms with van der Waals surface area (Å²) in [5.41, 5.74) is 0.184. The topological polar surface area (TPSA) is 66.7 Å². The van der Waals surface area contributed by atoms with Crippen molar-refractivity contribution in [3.05, 3.63) is 23.5 Å². The number of thiazole rings is 1. The first-order chi connectivity index (χ1) is 10.2. The maximum Gasteiger partial charge on any atom is 0.325 e. The second-order valence-corrected chi connectivity index (χ2v) is 6.64. The SMILES string of the molecule is O=C1NC(=O)C2(CCCCC2)N1Cc1cn2ccsc2n1. The number of carbonyl (C=O) groups is 2. The van der Waals surface area contributed by atoms with Crippen molar-refractivity contribution in [2.45, 2.75) is 44.2 Å². The van der Waals surface area contributed by atoms with E-state index in [9.17, 15) is 9.59 Å². The molecule has 2 aliphatic rings. The molecule has 3 amide bonds. The number of fused-ring (bicyclic) bond motifs is 1. The van der Waals surface area contributed by atoms with Crippen LogP contribution in [0.3, 0.4) is 0 Å². The molecule has 1 saturated heterocycles. The van der Waals surface area contributed by atoms with Crippen LogP contribution in [-0.4, -0.2) is 31.8 Å². The van der Waals surface area contributed by atoms with E-state index < -0.39 is 5.54 Å². The summed E-state index contributed by atoms with van der Waals surface area (Å²) in [6, 6.07) is -0.279. The van der Waals surface area contributed by atoms with Gasteiger partial charge >= 0.3 is 6.03 Å². The van der Waals surface area contributed by atoms with Crippen molar-refractivity contribution in [1.82, 2.24) is 19.6 Å². The Morgan fingerprint density at radius 1 is 1.29 bits per heavy atom. The Morgan fingerprint density at radius 2 is 2.10 bits per heavy atom. The van der Waals surface area contributed by atoms with Crippen molar-refractivity contribution in [3.8, 4) is 0 Å². The molecule has 0 atom stereocenters. The van der Waals surface area contributed by atoms with Crippen molar-refractivity contribution in [3.63, 3.8) is 0 Å². The number of nitrogens with zero attached hydrogens (tertiary/aromatic N) is 3. The van der Waals surface area contributed by atoms with E-state index in [1.54, 1.807) is 16.2 Å². The molecule has 1 aliphatic carbocycles. The minimum Gasteiger partial charge on any atom is -0.304 e. The number of amides is 3. The van der Waals surface area contributed by atoms with Crippen molar-refractivity contribution in [1.29, 1.82) is 0 Å². The lowest BCUT2D eigenvalue weighted by atomic mass is 9.80. The third kappa shape index (κ3) is 1.87. The molecule has 1 spiro atoms. The molecule has 1 aliphatic heterocycles. The van der Waals surface area contributed by atoms with Gasteiger partial charge in [-0.25, -0.2) is 9.78 Å². The molecule has 0 radical (unpaired) electrons. The van der Waals surface area contributed by atoms with Crippen LogP contribution in [0.5, 0.6) is 0 Å². The van der Waals surface area contributed by atoms with Crippen molar-refractivity contribution >= 4 is 28.2 Å². The van der Waals surface area contributed by atoms with Gasteiger partial charge in [0.25, 0.3) is 5.91 Å². The van der Waals surface area contributed by atoms with E-state index in [2.05, 4.69) is 10.3 Å². The van der Waals surface area contributed by atoms with Crippen LogP contribution in [0.4, 0.5) is 4.79 Å². The normalized spacial score (nSPS) is 21.4. The predicted octanol–water partition coefficient (Wildman–Crippen LogP) is 2.15. The minimum absolute atomic E-state index is 0.131. The van der Waals surface area contributed by atoms with E-state index in [4.69, 9.17) is 0 Å². The molecule has 0 unspecified atom stereocenters. The Kier molecular flexibility index (Phi) is 2.78. The van der Waals surface area contributed by atoms with Crippen LogP contribution < -0.4 is 5.32 Å². The second kappa shape index (κ2) is 4.56. The highest BCUT2D eigenvalue weighted by Gasteiger charge is 2.52. The number of hydrogen-bond donors (Lipinski definition) is 1. The smallest absolute Gasteiger partial charge is 0.304 e. The summed E-state index contributed by atoms with van der Waals surface area (Å²) in [5, 5.41) is 4.46. The molecule has 1 N–H and O–H groups in total. The van der Waals surface area contributed by atoms with E-state index in [-0.39, 0.29) is 11.9 Å². The van der Waals surface area contributed by atoms with Crippen LogP contribution in [0.2, 0.25) is 0 Å². The van der Waals surface area contributed by atoms with E-state index in [1.165, 1.54) is 0 Å². The number of aromatic nitrogens is 2. The number of rotatable bonds is 2. The summed E-state index contributed by atoms with van der Waals surface area (Å²) >= 11 is 1.56. The molecule has 110 valence electrons. The molecule has 7 heteroatoms. The molecule has 0 aromatic carbocycles. The van der Waals surface area contributed by atoms with E-state index >= 15 is 0 Å². The fraction of sp³-hybridized carbons (Fsp3) is 0.500. The number of imidazole rings is 1. The van der Waals surface area contributed by atoms with Crippen LogP contribution in [0.15, 0.2) is 17.8 Å². The van der Waals surface area contributed by atoms with Gasteiger partial charge in [0.15, 0.2) is 4.96 Å². The van der Waals surface area contributed by atoms with E-state index in [1.807, 2.05) is 22.2 Å². The van der Waals surface area contributed by atoms with Gasteiger partial charge in [0.2, 0.25) is 0 Å². The Labute approximate surface area is 125 Å². The summed E-state index contributed by atoms with van der Waals surface area (Å²) in [6.07, 6.45) is 8.52. The molecule has 1 saturated carbocycles. The molecule has 3 heterocycles. The fourth-order valence-corrected chi connectivity index (χ4v) is 4.19. The standard InChI is InChI=1S/C14H16N4O2S/c19-11-14(4-2-1-3-5-14)18(12(20)16-11)9-10-8-17-6-7-21-13(17)15-10/h6-8H,1-5,9H2,(H,16,19,20). The highest BCUT2D eigenvalue weighted by atomic mass is 32.1. The lowest BCUT2D eigenvalue weighted by Gasteiger charge is -2.37. The van der Waals surface area contributed by atoms with Crippen LogP contribution in [0.1, 0.15) is 37.8 Å². The van der Waals surface area contributed by atoms with Crippen LogP contribution in [0, 0.1) is 0 Å². The summed E-state index contributed by atoms with van der Waals surface area (Å²) in [5.74, 6) is -0.131. The Hall–Kier alpha value is -1.89. The van der Waals surface area contributed by atoms with E-state index in [0.717, 1.165) is 42.8 Å². The molecule has 4 rings (SSSR count). The average molecular weight is 304 g/mol. The molecule has 6 nitrogen and oxygen atoms in total. The molecule has 2 aromatic heterocycles. The lowest BCUT2D eigenvalue weighted by Crippen LogP contribution is -2.50.